The minimum absolute atomic E-state index is 0.0810. The van der Waals surface area contributed by atoms with Gasteiger partial charge in [0.1, 0.15) is 29.3 Å². The second kappa shape index (κ2) is 14.0. The molecule has 1 unspecified atom stereocenters. The second-order valence-electron chi connectivity index (χ2n) is 15.1. The monoisotopic (exact) mass is 717 g/mol. The fourth-order valence-corrected chi connectivity index (χ4v) is 7.19. The Morgan fingerprint density at radius 3 is 2.20 bits per heavy atom. The standard InChI is InChI=1S/C34H47N5O10S/c1-9-20-17-34(20,29(43)38-50(46,47)22-14-15-22)37-27(41)25-16-21(48-30(44)35-24-13-11-10-12-23(24)19(2)40)18-39(25)28(42)26(32(3,4)5)36-31(45)49-33(6,7)8/h9-13,20-22,25-26H,1,14-18H2,2-8H3,(H,35,44)(H,36,45)(H,37,41)(H,38,43)/t20?,21-,25+,26-,34-/m1/s1. The van der Waals surface area contributed by atoms with Crippen LogP contribution in [0.4, 0.5) is 15.3 Å². The number of carbonyl (C=O) groups is 6. The lowest BCUT2D eigenvalue weighted by Crippen LogP contribution is -2.60. The fraction of sp³-hybridized carbons (Fsp3) is 0.588. The molecule has 1 heterocycles. The summed E-state index contributed by atoms with van der Waals surface area (Å²) < 4.78 is 38.3. The molecule has 2 aliphatic carbocycles. The number of Topliss-reactive ketones (excluding diaryl/α,β-unsaturated/α-hetero) is 1. The number of hydrogen-bond acceptors (Lipinski definition) is 10. The molecule has 4 rings (SSSR count). The van der Waals surface area contributed by atoms with Crippen LogP contribution >= 0.6 is 0 Å². The summed E-state index contributed by atoms with van der Waals surface area (Å²) >= 11 is 0. The van der Waals surface area contributed by atoms with Crippen LogP contribution in [0, 0.1) is 11.3 Å². The topological polar surface area (TPSA) is 206 Å². The lowest BCUT2D eigenvalue weighted by molar-refractivity contribution is -0.143. The van der Waals surface area contributed by atoms with Gasteiger partial charge in [0.2, 0.25) is 21.8 Å². The van der Waals surface area contributed by atoms with Crippen LogP contribution in [0.2, 0.25) is 0 Å². The third kappa shape index (κ3) is 9.00. The molecule has 0 radical (unpaired) electrons. The zero-order chi connectivity index (χ0) is 37.4. The van der Waals surface area contributed by atoms with Crippen molar-refractivity contribution in [1.82, 2.24) is 20.3 Å². The molecule has 1 aliphatic heterocycles. The molecule has 16 heteroatoms. The molecular weight excluding hydrogens is 670 g/mol. The molecule has 5 amide bonds. The maximum absolute atomic E-state index is 14.3. The van der Waals surface area contributed by atoms with Crippen molar-refractivity contribution in [3.63, 3.8) is 0 Å². The Labute approximate surface area is 292 Å². The van der Waals surface area contributed by atoms with E-state index in [2.05, 4.69) is 27.3 Å². The van der Waals surface area contributed by atoms with E-state index < -0.39 is 85.8 Å². The molecule has 0 bridgehead atoms. The number of anilines is 1. The van der Waals surface area contributed by atoms with Gasteiger partial charge < -0.3 is 25.0 Å². The average Bonchev–Trinajstić information content (AvgIpc) is 3.91. The highest BCUT2D eigenvalue weighted by Crippen LogP contribution is 2.45. The van der Waals surface area contributed by atoms with E-state index in [4.69, 9.17) is 9.47 Å². The zero-order valence-electron chi connectivity index (χ0n) is 29.5. The predicted octanol–water partition coefficient (Wildman–Crippen LogP) is 3.02. The Balaban J connectivity index is 1.60. The van der Waals surface area contributed by atoms with Crippen LogP contribution in [-0.2, 0) is 33.9 Å². The van der Waals surface area contributed by atoms with Gasteiger partial charge in [-0.15, -0.1) is 6.58 Å². The molecule has 5 atom stereocenters. The van der Waals surface area contributed by atoms with E-state index in [1.54, 1.807) is 53.7 Å². The Morgan fingerprint density at radius 1 is 1.02 bits per heavy atom. The first-order valence-corrected chi connectivity index (χ1v) is 18.0. The van der Waals surface area contributed by atoms with Crippen molar-refractivity contribution in [2.45, 2.75) is 109 Å². The molecular formula is C34H47N5O10S. The minimum Gasteiger partial charge on any atom is -0.444 e. The average molecular weight is 718 g/mol. The SMILES string of the molecule is C=CC1C[C@]1(NC(=O)[C@@H]1C[C@@H](OC(=O)Nc2ccccc2C(C)=O)CN1C(=O)[C@@H](NC(=O)OC(C)(C)C)C(C)(C)C)C(=O)NS(=O)(=O)C1CC1. The largest absolute Gasteiger partial charge is 0.444 e. The number of amides is 5. The van der Waals surface area contributed by atoms with Crippen LogP contribution in [0.3, 0.4) is 0 Å². The van der Waals surface area contributed by atoms with Crippen LogP contribution in [0.5, 0.6) is 0 Å². The highest BCUT2D eigenvalue weighted by molar-refractivity contribution is 7.91. The Morgan fingerprint density at radius 2 is 1.66 bits per heavy atom. The van der Waals surface area contributed by atoms with Crippen molar-refractivity contribution < 1.29 is 46.7 Å². The number of nitrogens with one attached hydrogen (secondary N) is 4. The van der Waals surface area contributed by atoms with Gasteiger partial charge in [-0.05, 0) is 64.5 Å². The molecule has 2 saturated carbocycles. The first-order chi connectivity index (χ1) is 23.1. The summed E-state index contributed by atoms with van der Waals surface area (Å²) in [5, 5.41) is 7.14. The first kappa shape index (κ1) is 38.3. The lowest BCUT2D eigenvalue weighted by atomic mass is 9.85. The molecule has 274 valence electrons. The van der Waals surface area contributed by atoms with Crippen LogP contribution < -0.4 is 20.7 Å². The summed E-state index contributed by atoms with van der Waals surface area (Å²) in [5.41, 5.74) is -2.92. The molecule has 50 heavy (non-hydrogen) atoms. The van der Waals surface area contributed by atoms with Gasteiger partial charge in [-0.3, -0.25) is 29.2 Å². The number of carbonyl (C=O) groups excluding carboxylic acids is 6. The van der Waals surface area contributed by atoms with Crippen LogP contribution in [-0.4, -0.2) is 90.1 Å². The maximum Gasteiger partial charge on any atom is 0.411 e. The number of alkyl carbamates (subject to hydrolysis) is 1. The lowest BCUT2D eigenvalue weighted by Gasteiger charge is -2.36. The quantitative estimate of drug-likeness (QED) is 0.194. The third-order valence-electron chi connectivity index (χ3n) is 8.69. The van der Waals surface area contributed by atoms with E-state index in [1.165, 1.54) is 30.0 Å². The third-order valence-corrected chi connectivity index (χ3v) is 10.5. The summed E-state index contributed by atoms with van der Waals surface area (Å²) in [5.74, 6) is -3.25. The van der Waals surface area contributed by atoms with Gasteiger partial charge in [0.15, 0.2) is 5.78 Å². The number of rotatable bonds is 11. The number of benzene rings is 1. The van der Waals surface area contributed by atoms with Crippen molar-refractivity contribution in [3.8, 4) is 0 Å². The Bertz CT molecular complexity index is 1680. The number of para-hydroxylation sites is 1. The number of nitrogens with zero attached hydrogens (tertiary/aromatic N) is 1. The van der Waals surface area contributed by atoms with Gasteiger partial charge in [0.05, 0.1) is 17.5 Å². The highest BCUT2D eigenvalue weighted by Gasteiger charge is 2.62. The van der Waals surface area contributed by atoms with Crippen molar-refractivity contribution in [3.05, 3.63) is 42.5 Å². The molecule has 0 aromatic heterocycles. The number of hydrogen-bond donors (Lipinski definition) is 4. The van der Waals surface area contributed by atoms with E-state index in [-0.39, 0.29) is 36.4 Å². The van der Waals surface area contributed by atoms with Gasteiger partial charge in [-0.1, -0.05) is 39.0 Å². The molecule has 0 spiro atoms. The van der Waals surface area contributed by atoms with E-state index >= 15 is 0 Å². The van der Waals surface area contributed by atoms with Gasteiger partial charge in [0.25, 0.3) is 5.91 Å². The number of likely N-dealkylation sites (tertiary alicyclic amines) is 1. The second-order valence-corrected chi connectivity index (χ2v) is 17.1. The van der Waals surface area contributed by atoms with E-state index in [9.17, 15) is 37.2 Å². The van der Waals surface area contributed by atoms with Crippen LogP contribution in [0.15, 0.2) is 36.9 Å². The van der Waals surface area contributed by atoms with E-state index in [1.807, 2.05) is 0 Å². The molecule has 4 N–H and O–H groups in total. The molecule has 1 aromatic carbocycles. The van der Waals surface area contributed by atoms with E-state index in [0.717, 1.165) is 0 Å². The van der Waals surface area contributed by atoms with Gasteiger partial charge in [0, 0.05) is 17.9 Å². The summed E-state index contributed by atoms with van der Waals surface area (Å²) in [6, 6.07) is 3.82. The van der Waals surface area contributed by atoms with Crippen LogP contribution in [0.1, 0.15) is 84.5 Å². The van der Waals surface area contributed by atoms with Gasteiger partial charge in [-0.2, -0.15) is 0 Å². The normalized spacial score (nSPS) is 23.9. The number of sulfonamides is 1. The summed E-state index contributed by atoms with van der Waals surface area (Å²) in [6.45, 7) is 14.9. The smallest absolute Gasteiger partial charge is 0.411 e. The summed E-state index contributed by atoms with van der Waals surface area (Å²) in [6.07, 6.45) is -0.654. The summed E-state index contributed by atoms with van der Waals surface area (Å²) in [7, 11) is -3.94. The van der Waals surface area contributed by atoms with Gasteiger partial charge >= 0.3 is 12.2 Å². The minimum atomic E-state index is -3.94. The molecule has 1 saturated heterocycles. The fourth-order valence-electron chi connectivity index (χ4n) is 5.82. The van der Waals surface area contributed by atoms with E-state index in [0.29, 0.717) is 12.8 Å². The van der Waals surface area contributed by atoms with Crippen LogP contribution in [0.25, 0.3) is 0 Å². The zero-order valence-corrected chi connectivity index (χ0v) is 30.3. The van der Waals surface area contributed by atoms with Crippen molar-refractivity contribution >= 4 is 51.4 Å². The van der Waals surface area contributed by atoms with Crippen molar-refractivity contribution in [1.29, 1.82) is 0 Å². The summed E-state index contributed by atoms with van der Waals surface area (Å²) in [4.78, 5) is 80.7. The van der Waals surface area contributed by atoms with Gasteiger partial charge in [-0.25, -0.2) is 18.0 Å². The molecule has 15 nitrogen and oxygen atoms in total. The maximum atomic E-state index is 14.3. The molecule has 3 aliphatic rings. The number of ketones is 1. The van der Waals surface area contributed by atoms with Crippen molar-refractivity contribution in [2.24, 2.45) is 11.3 Å². The molecule has 3 fully saturated rings. The van der Waals surface area contributed by atoms with Crippen molar-refractivity contribution in [2.75, 3.05) is 11.9 Å². The Hall–Kier alpha value is -4.47. The first-order valence-electron chi connectivity index (χ1n) is 16.5. The Kier molecular flexibility index (Phi) is 10.8. The molecule has 1 aromatic rings. The number of ether oxygens (including phenoxy) is 2. The highest BCUT2D eigenvalue weighted by atomic mass is 32.2. The predicted molar refractivity (Wildman–Crippen MR) is 182 cm³/mol.